The standard InChI is InChI=1S/C20H23F3N2O4/c21-19(22,23)7-10-25-16-6-5-14(17(26)24-8-2-1-3-9-24)13-15(16)20(18(25)27)28-11-4-12-29-20/h5-6,13H,1-4,7-12H2. The lowest BCUT2D eigenvalue weighted by Crippen LogP contribution is -2.47. The number of carbonyl (C=O) groups excluding carboxylic acids is 2. The van der Waals surface area contributed by atoms with E-state index in [0.29, 0.717) is 36.3 Å². The fraction of sp³-hybridized carbons (Fsp3) is 0.600. The van der Waals surface area contributed by atoms with Gasteiger partial charge in [0, 0.05) is 30.8 Å². The average molecular weight is 412 g/mol. The van der Waals surface area contributed by atoms with Gasteiger partial charge in [0.15, 0.2) is 0 Å². The van der Waals surface area contributed by atoms with Crippen molar-refractivity contribution in [1.29, 1.82) is 0 Å². The van der Waals surface area contributed by atoms with Gasteiger partial charge < -0.3 is 19.3 Å². The summed E-state index contributed by atoms with van der Waals surface area (Å²) < 4.78 is 49.7. The Kier molecular flexibility index (Phi) is 5.29. The molecule has 0 unspecified atom stereocenters. The maximum Gasteiger partial charge on any atom is 0.390 e. The quantitative estimate of drug-likeness (QED) is 0.765. The molecule has 1 aromatic carbocycles. The zero-order chi connectivity index (χ0) is 20.6. The molecule has 9 heteroatoms. The number of rotatable bonds is 3. The molecule has 0 radical (unpaired) electrons. The van der Waals surface area contributed by atoms with Gasteiger partial charge in [-0.2, -0.15) is 13.2 Å². The van der Waals surface area contributed by atoms with Crippen LogP contribution in [0.15, 0.2) is 18.2 Å². The van der Waals surface area contributed by atoms with E-state index in [0.717, 1.165) is 24.2 Å². The Morgan fingerprint density at radius 1 is 1.07 bits per heavy atom. The molecule has 0 N–H and O–H groups in total. The van der Waals surface area contributed by atoms with Gasteiger partial charge in [-0.15, -0.1) is 0 Å². The molecule has 3 aliphatic heterocycles. The Morgan fingerprint density at radius 2 is 1.76 bits per heavy atom. The first kappa shape index (κ1) is 20.2. The van der Waals surface area contributed by atoms with Gasteiger partial charge >= 0.3 is 6.18 Å². The molecule has 2 amide bonds. The van der Waals surface area contributed by atoms with Crippen molar-refractivity contribution in [2.45, 2.75) is 44.1 Å². The highest BCUT2D eigenvalue weighted by Gasteiger charge is 2.55. The van der Waals surface area contributed by atoms with Crippen molar-refractivity contribution in [3.63, 3.8) is 0 Å². The lowest BCUT2D eigenvalue weighted by atomic mass is 10.0. The van der Waals surface area contributed by atoms with Crippen molar-refractivity contribution >= 4 is 17.5 Å². The number of carbonyl (C=O) groups is 2. The van der Waals surface area contributed by atoms with Crippen LogP contribution in [0.3, 0.4) is 0 Å². The summed E-state index contributed by atoms with van der Waals surface area (Å²) in [5, 5.41) is 0. The van der Waals surface area contributed by atoms with E-state index >= 15 is 0 Å². The highest BCUT2D eigenvalue weighted by molar-refractivity contribution is 6.07. The number of amides is 2. The van der Waals surface area contributed by atoms with Crippen LogP contribution in [0.2, 0.25) is 0 Å². The Bertz CT molecular complexity index is 799. The molecule has 3 heterocycles. The number of anilines is 1. The van der Waals surface area contributed by atoms with E-state index in [1.807, 2.05) is 0 Å². The molecular weight excluding hydrogens is 389 g/mol. The maximum absolute atomic E-state index is 13.1. The summed E-state index contributed by atoms with van der Waals surface area (Å²) in [6.45, 7) is 1.32. The Morgan fingerprint density at radius 3 is 2.41 bits per heavy atom. The van der Waals surface area contributed by atoms with Crippen LogP contribution in [0.1, 0.15) is 48.0 Å². The van der Waals surface area contributed by atoms with Crippen molar-refractivity contribution < 1.29 is 32.2 Å². The number of likely N-dealkylation sites (tertiary alicyclic amines) is 1. The lowest BCUT2D eigenvalue weighted by molar-refractivity contribution is -0.256. The van der Waals surface area contributed by atoms with Crippen molar-refractivity contribution in [3.05, 3.63) is 29.3 Å². The van der Waals surface area contributed by atoms with E-state index < -0.39 is 30.8 Å². The molecule has 0 atom stereocenters. The van der Waals surface area contributed by atoms with Crippen LogP contribution < -0.4 is 4.90 Å². The first-order chi connectivity index (χ1) is 13.8. The average Bonchev–Trinajstić information content (AvgIpc) is 2.94. The van der Waals surface area contributed by atoms with Crippen molar-refractivity contribution in [2.75, 3.05) is 37.7 Å². The Balaban J connectivity index is 1.68. The molecule has 6 nitrogen and oxygen atoms in total. The van der Waals surface area contributed by atoms with Crippen molar-refractivity contribution in [3.8, 4) is 0 Å². The molecule has 0 aliphatic carbocycles. The number of halogens is 3. The second-order valence-electron chi connectivity index (χ2n) is 7.57. The van der Waals surface area contributed by atoms with Gasteiger partial charge in [-0.05, 0) is 43.9 Å². The second-order valence-corrected chi connectivity index (χ2v) is 7.57. The molecular formula is C20H23F3N2O4. The topological polar surface area (TPSA) is 59.1 Å². The zero-order valence-electron chi connectivity index (χ0n) is 16.0. The minimum absolute atomic E-state index is 0.153. The summed E-state index contributed by atoms with van der Waals surface area (Å²) in [6, 6.07) is 4.63. The van der Waals surface area contributed by atoms with E-state index in [2.05, 4.69) is 0 Å². The Labute approximate surface area is 166 Å². The van der Waals surface area contributed by atoms with Gasteiger partial charge in [0.25, 0.3) is 17.6 Å². The Hall–Kier alpha value is -2.13. The van der Waals surface area contributed by atoms with Crippen LogP contribution in [0, 0.1) is 0 Å². The number of piperidine rings is 1. The summed E-state index contributed by atoms with van der Waals surface area (Å²) in [4.78, 5) is 28.8. The summed E-state index contributed by atoms with van der Waals surface area (Å²) >= 11 is 0. The smallest absolute Gasteiger partial charge is 0.339 e. The molecule has 4 rings (SSSR count). The fourth-order valence-corrected chi connectivity index (χ4v) is 4.12. The molecule has 2 saturated heterocycles. The highest BCUT2D eigenvalue weighted by atomic mass is 19.4. The van der Waals surface area contributed by atoms with E-state index in [1.54, 1.807) is 17.0 Å². The molecule has 29 heavy (non-hydrogen) atoms. The maximum atomic E-state index is 13.1. The number of benzene rings is 1. The van der Waals surface area contributed by atoms with E-state index in [9.17, 15) is 22.8 Å². The van der Waals surface area contributed by atoms with Crippen molar-refractivity contribution in [1.82, 2.24) is 4.90 Å². The number of alkyl halides is 3. The second kappa shape index (κ2) is 7.60. The van der Waals surface area contributed by atoms with Gasteiger partial charge in [0.1, 0.15) is 0 Å². The molecule has 0 saturated carbocycles. The first-order valence-electron chi connectivity index (χ1n) is 9.92. The minimum Gasteiger partial charge on any atom is -0.339 e. The summed E-state index contributed by atoms with van der Waals surface area (Å²) in [5.41, 5.74) is 0.997. The molecule has 1 aromatic rings. The van der Waals surface area contributed by atoms with E-state index in [-0.39, 0.29) is 19.1 Å². The number of nitrogens with zero attached hydrogens (tertiary/aromatic N) is 2. The molecule has 3 aliphatic rings. The fourth-order valence-electron chi connectivity index (χ4n) is 4.12. The first-order valence-corrected chi connectivity index (χ1v) is 9.92. The summed E-state index contributed by atoms with van der Waals surface area (Å²) in [6.07, 6.45) is -1.98. The monoisotopic (exact) mass is 412 g/mol. The third-order valence-corrected chi connectivity index (χ3v) is 5.58. The molecule has 158 valence electrons. The van der Waals surface area contributed by atoms with Crippen LogP contribution in [-0.4, -0.2) is 55.7 Å². The summed E-state index contributed by atoms with van der Waals surface area (Å²) in [7, 11) is 0. The molecule has 0 aromatic heterocycles. The SMILES string of the molecule is O=C(c1ccc2c(c1)C1(OCCCO1)C(=O)N2CCC(F)(F)F)N1CCCCC1. The number of hydrogen-bond donors (Lipinski definition) is 0. The number of fused-ring (bicyclic) bond motifs is 2. The van der Waals surface area contributed by atoms with E-state index in [1.165, 1.54) is 6.07 Å². The normalized spacial score (nSPS) is 21.6. The van der Waals surface area contributed by atoms with Gasteiger partial charge in [-0.25, -0.2) is 0 Å². The predicted octanol–water partition coefficient (Wildman–Crippen LogP) is 3.20. The molecule has 1 spiro atoms. The number of hydrogen-bond acceptors (Lipinski definition) is 4. The molecule has 0 bridgehead atoms. The van der Waals surface area contributed by atoms with Crippen LogP contribution in [0.5, 0.6) is 0 Å². The van der Waals surface area contributed by atoms with Gasteiger partial charge in [0.2, 0.25) is 0 Å². The van der Waals surface area contributed by atoms with Gasteiger partial charge in [-0.1, -0.05) is 0 Å². The van der Waals surface area contributed by atoms with Crippen LogP contribution >= 0.6 is 0 Å². The van der Waals surface area contributed by atoms with Crippen LogP contribution in [-0.2, 0) is 20.1 Å². The van der Waals surface area contributed by atoms with Crippen LogP contribution in [0.25, 0.3) is 0 Å². The van der Waals surface area contributed by atoms with Crippen LogP contribution in [0.4, 0.5) is 18.9 Å². The van der Waals surface area contributed by atoms with E-state index in [4.69, 9.17) is 9.47 Å². The zero-order valence-corrected chi connectivity index (χ0v) is 16.0. The van der Waals surface area contributed by atoms with Crippen molar-refractivity contribution in [2.24, 2.45) is 0 Å². The summed E-state index contributed by atoms with van der Waals surface area (Å²) in [5.74, 6) is -2.59. The third kappa shape index (κ3) is 3.73. The largest absolute Gasteiger partial charge is 0.390 e. The minimum atomic E-state index is -4.39. The molecule has 2 fully saturated rings. The van der Waals surface area contributed by atoms with Gasteiger partial charge in [-0.3, -0.25) is 9.59 Å². The lowest BCUT2D eigenvalue weighted by Gasteiger charge is -2.33. The third-order valence-electron chi connectivity index (χ3n) is 5.58. The number of ether oxygens (including phenoxy) is 2. The van der Waals surface area contributed by atoms with Gasteiger partial charge in [0.05, 0.1) is 25.3 Å². The highest BCUT2D eigenvalue weighted by Crippen LogP contribution is 2.46. The predicted molar refractivity (Wildman–Crippen MR) is 97.4 cm³/mol.